The van der Waals surface area contributed by atoms with Crippen LogP contribution in [0, 0.1) is 5.41 Å². The van der Waals surface area contributed by atoms with E-state index in [1.807, 2.05) is 12.2 Å². The van der Waals surface area contributed by atoms with Crippen molar-refractivity contribution in [2.75, 3.05) is 19.7 Å². The monoisotopic (exact) mass is 193 g/mol. The fraction of sp³-hybridized carbons (Fsp3) is 0.500. The van der Waals surface area contributed by atoms with E-state index >= 15 is 0 Å². The number of rotatable bonds is 4. The summed E-state index contributed by atoms with van der Waals surface area (Å²) in [6.07, 6.45) is 7.48. The van der Waals surface area contributed by atoms with Gasteiger partial charge in [-0.1, -0.05) is 31.4 Å². The molecular formula is C12H19NO. The fourth-order valence-corrected chi connectivity index (χ4v) is 2.03. The molecular weight excluding hydrogens is 174 g/mol. The third kappa shape index (κ3) is 2.14. The molecule has 1 aliphatic rings. The van der Waals surface area contributed by atoms with Crippen LogP contribution in [0.3, 0.4) is 0 Å². The Morgan fingerprint density at radius 1 is 1.36 bits per heavy atom. The lowest BCUT2D eigenvalue weighted by atomic mass is 9.73. The van der Waals surface area contributed by atoms with Crippen LogP contribution in [0.1, 0.15) is 12.8 Å². The van der Waals surface area contributed by atoms with Crippen molar-refractivity contribution >= 4 is 0 Å². The maximum absolute atomic E-state index is 9.52. The van der Waals surface area contributed by atoms with Crippen LogP contribution in [0.25, 0.3) is 0 Å². The van der Waals surface area contributed by atoms with Gasteiger partial charge >= 0.3 is 0 Å². The molecule has 1 saturated heterocycles. The molecule has 0 bridgehead atoms. The van der Waals surface area contributed by atoms with Gasteiger partial charge < -0.3 is 10.4 Å². The van der Waals surface area contributed by atoms with Crippen molar-refractivity contribution in [3.8, 4) is 0 Å². The molecule has 1 rings (SSSR count). The van der Waals surface area contributed by atoms with Crippen molar-refractivity contribution in [2.24, 2.45) is 5.41 Å². The van der Waals surface area contributed by atoms with E-state index in [2.05, 4.69) is 18.5 Å². The highest BCUT2D eigenvalue weighted by Crippen LogP contribution is 2.36. The summed E-state index contributed by atoms with van der Waals surface area (Å²) < 4.78 is 0. The van der Waals surface area contributed by atoms with Crippen LogP contribution in [0.4, 0.5) is 0 Å². The van der Waals surface area contributed by atoms with Crippen molar-refractivity contribution in [1.29, 1.82) is 0 Å². The topological polar surface area (TPSA) is 32.3 Å². The van der Waals surface area contributed by atoms with Crippen molar-refractivity contribution in [3.05, 3.63) is 37.0 Å². The summed E-state index contributed by atoms with van der Waals surface area (Å²) in [7, 11) is 0. The summed E-state index contributed by atoms with van der Waals surface area (Å²) in [4.78, 5) is 0. The number of hydrogen-bond donors (Lipinski definition) is 2. The molecule has 2 nitrogen and oxygen atoms in total. The number of piperidine rings is 1. The summed E-state index contributed by atoms with van der Waals surface area (Å²) >= 11 is 0. The number of nitrogens with one attached hydrogen (secondary N) is 1. The van der Waals surface area contributed by atoms with E-state index in [-0.39, 0.29) is 12.0 Å². The zero-order valence-corrected chi connectivity index (χ0v) is 8.63. The van der Waals surface area contributed by atoms with E-state index < -0.39 is 0 Å². The molecule has 0 aromatic carbocycles. The van der Waals surface area contributed by atoms with Crippen LogP contribution >= 0.6 is 0 Å². The van der Waals surface area contributed by atoms with E-state index in [0.29, 0.717) is 0 Å². The van der Waals surface area contributed by atoms with E-state index in [1.165, 1.54) is 0 Å². The maximum Gasteiger partial charge on any atom is 0.0528 e. The zero-order chi connectivity index (χ0) is 10.4. The Kier molecular flexibility index (Phi) is 4.11. The molecule has 2 heteroatoms. The van der Waals surface area contributed by atoms with E-state index in [9.17, 15) is 5.11 Å². The Bertz CT molecular complexity index is 237. The van der Waals surface area contributed by atoms with E-state index in [4.69, 9.17) is 0 Å². The minimum Gasteiger partial charge on any atom is -0.395 e. The van der Waals surface area contributed by atoms with Gasteiger partial charge in [0.05, 0.1) is 6.61 Å². The Morgan fingerprint density at radius 2 is 2.00 bits per heavy atom. The first kappa shape index (κ1) is 11.2. The lowest BCUT2D eigenvalue weighted by Crippen LogP contribution is -2.40. The molecule has 0 aromatic heterocycles. The molecule has 0 aromatic rings. The predicted molar refractivity (Wildman–Crippen MR) is 60.1 cm³/mol. The van der Waals surface area contributed by atoms with Crippen LogP contribution < -0.4 is 5.32 Å². The second-order valence-corrected chi connectivity index (χ2v) is 3.75. The predicted octanol–water partition coefficient (Wildman–Crippen LogP) is 1.65. The number of hydrogen-bond acceptors (Lipinski definition) is 2. The van der Waals surface area contributed by atoms with Gasteiger partial charge in [0.2, 0.25) is 0 Å². The molecule has 14 heavy (non-hydrogen) atoms. The van der Waals surface area contributed by atoms with Gasteiger partial charge in [0, 0.05) is 5.41 Å². The van der Waals surface area contributed by atoms with Crippen molar-refractivity contribution < 1.29 is 5.11 Å². The Morgan fingerprint density at radius 3 is 2.43 bits per heavy atom. The van der Waals surface area contributed by atoms with Crippen LogP contribution in [0.15, 0.2) is 37.0 Å². The zero-order valence-electron chi connectivity index (χ0n) is 8.63. The molecule has 0 radical (unpaired) electrons. The summed E-state index contributed by atoms with van der Waals surface area (Å²) in [6, 6.07) is 0. The van der Waals surface area contributed by atoms with Crippen LogP contribution in [0.2, 0.25) is 0 Å². The normalized spacial score (nSPS) is 21.6. The van der Waals surface area contributed by atoms with Crippen molar-refractivity contribution in [2.45, 2.75) is 12.8 Å². The first-order chi connectivity index (χ1) is 6.79. The van der Waals surface area contributed by atoms with Gasteiger partial charge in [0.1, 0.15) is 0 Å². The van der Waals surface area contributed by atoms with Crippen LogP contribution in [0.5, 0.6) is 0 Å². The Hall–Kier alpha value is -0.860. The standard InChI is InChI=1S/C12H19NO/c1-3-5-11(4-2)12(10-14)6-8-13-9-7-12/h3-5,13-14H,1-2,6-10H2/b11-5+. The molecule has 78 valence electrons. The minimum absolute atomic E-state index is 0.0960. The van der Waals surface area contributed by atoms with Gasteiger partial charge in [-0.05, 0) is 31.5 Å². The maximum atomic E-state index is 9.52. The molecule has 2 N–H and O–H groups in total. The van der Waals surface area contributed by atoms with Gasteiger partial charge in [-0.25, -0.2) is 0 Å². The summed E-state index contributed by atoms with van der Waals surface area (Å²) in [5.74, 6) is 0. The molecule has 1 heterocycles. The average molecular weight is 193 g/mol. The third-order valence-electron chi connectivity index (χ3n) is 2.99. The first-order valence-corrected chi connectivity index (χ1v) is 5.06. The lowest BCUT2D eigenvalue weighted by Gasteiger charge is -2.37. The molecule has 0 aliphatic carbocycles. The Balaban J connectivity index is 2.90. The largest absolute Gasteiger partial charge is 0.395 e. The third-order valence-corrected chi connectivity index (χ3v) is 2.99. The number of aliphatic hydroxyl groups is 1. The van der Waals surface area contributed by atoms with Crippen molar-refractivity contribution in [1.82, 2.24) is 5.32 Å². The number of allylic oxidation sites excluding steroid dienone is 3. The van der Waals surface area contributed by atoms with Gasteiger partial charge in [-0.3, -0.25) is 0 Å². The minimum atomic E-state index is -0.0960. The molecule has 0 unspecified atom stereocenters. The van der Waals surface area contributed by atoms with Gasteiger partial charge in [-0.15, -0.1) is 0 Å². The molecule has 0 spiro atoms. The second-order valence-electron chi connectivity index (χ2n) is 3.75. The summed E-state index contributed by atoms with van der Waals surface area (Å²) in [5.41, 5.74) is 1.01. The highest BCUT2D eigenvalue weighted by Gasteiger charge is 2.33. The van der Waals surface area contributed by atoms with Gasteiger partial charge in [0.15, 0.2) is 0 Å². The quantitative estimate of drug-likeness (QED) is 0.665. The highest BCUT2D eigenvalue weighted by molar-refractivity contribution is 5.29. The molecule has 0 amide bonds. The van der Waals surface area contributed by atoms with Gasteiger partial charge in [0.25, 0.3) is 0 Å². The lowest BCUT2D eigenvalue weighted by molar-refractivity contribution is 0.126. The average Bonchev–Trinajstić information content (AvgIpc) is 2.27. The smallest absolute Gasteiger partial charge is 0.0528 e. The van der Waals surface area contributed by atoms with Crippen LogP contribution in [-0.2, 0) is 0 Å². The van der Waals surface area contributed by atoms with E-state index in [0.717, 1.165) is 31.5 Å². The molecule has 1 aliphatic heterocycles. The molecule has 0 saturated carbocycles. The second kappa shape index (κ2) is 5.13. The fourth-order valence-electron chi connectivity index (χ4n) is 2.03. The summed E-state index contributed by atoms with van der Waals surface area (Å²) in [5, 5.41) is 12.8. The Labute approximate surface area is 86.0 Å². The summed E-state index contributed by atoms with van der Waals surface area (Å²) in [6.45, 7) is 9.60. The molecule has 1 fully saturated rings. The van der Waals surface area contributed by atoms with E-state index in [1.54, 1.807) is 6.08 Å². The van der Waals surface area contributed by atoms with Gasteiger partial charge in [-0.2, -0.15) is 0 Å². The van der Waals surface area contributed by atoms with Crippen LogP contribution in [-0.4, -0.2) is 24.8 Å². The van der Waals surface area contributed by atoms with Crippen molar-refractivity contribution in [3.63, 3.8) is 0 Å². The SMILES string of the molecule is C=C/C=C(\C=C)C1(CO)CCNCC1. The number of aliphatic hydroxyl groups excluding tert-OH is 1. The highest BCUT2D eigenvalue weighted by atomic mass is 16.3. The molecule has 0 atom stereocenters. The first-order valence-electron chi connectivity index (χ1n) is 5.06.